The number of nitriles is 1. The highest BCUT2D eigenvalue weighted by Crippen LogP contribution is 2.30. The van der Waals surface area contributed by atoms with E-state index in [9.17, 15) is 14.3 Å². The molecule has 216 valence electrons. The zero-order valence-corrected chi connectivity index (χ0v) is 24.3. The molecule has 0 amide bonds. The highest BCUT2D eigenvalue weighted by molar-refractivity contribution is 7.12. The molecule has 0 atom stereocenters. The first-order valence-electron chi connectivity index (χ1n) is 13.7. The summed E-state index contributed by atoms with van der Waals surface area (Å²) < 4.78 is 27.1. The lowest BCUT2D eigenvalue weighted by molar-refractivity contribution is 0.0697. The maximum absolute atomic E-state index is 14.0. The van der Waals surface area contributed by atoms with Gasteiger partial charge in [-0.1, -0.05) is 19.9 Å². The second-order valence-electron chi connectivity index (χ2n) is 9.41. The van der Waals surface area contributed by atoms with Crippen LogP contribution in [0.2, 0.25) is 0 Å². The summed E-state index contributed by atoms with van der Waals surface area (Å²) in [4.78, 5) is 24.0. The molecule has 0 radical (unpaired) electrons. The van der Waals surface area contributed by atoms with E-state index in [0.717, 1.165) is 59.8 Å². The van der Waals surface area contributed by atoms with Gasteiger partial charge in [0.2, 0.25) is 5.88 Å². The van der Waals surface area contributed by atoms with Crippen LogP contribution in [0.4, 0.5) is 4.39 Å². The van der Waals surface area contributed by atoms with E-state index < -0.39 is 11.8 Å². The second-order valence-corrected chi connectivity index (χ2v) is 10.6. The van der Waals surface area contributed by atoms with Gasteiger partial charge in [0.15, 0.2) is 0 Å². The molecule has 41 heavy (non-hydrogen) atoms. The van der Waals surface area contributed by atoms with Crippen molar-refractivity contribution in [1.82, 2.24) is 19.4 Å². The van der Waals surface area contributed by atoms with E-state index >= 15 is 0 Å². The predicted octanol–water partition coefficient (Wildman–Crippen LogP) is 5.83. The summed E-state index contributed by atoms with van der Waals surface area (Å²) >= 11 is 1.09. The molecule has 0 unspecified atom stereocenters. The number of carboxylic acids is 1. The normalized spacial score (nSPS) is 13.9. The summed E-state index contributed by atoms with van der Waals surface area (Å²) in [7, 11) is 1.64. The molecule has 1 aromatic carbocycles. The molecule has 1 saturated heterocycles. The van der Waals surface area contributed by atoms with Gasteiger partial charge in [-0.05, 0) is 50.2 Å². The van der Waals surface area contributed by atoms with Crippen molar-refractivity contribution in [2.75, 3.05) is 26.8 Å². The van der Waals surface area contributed by atoms with Crippen LogP contribution < -0.4 is 4.74 Å². The standard InChI is InChI=1S/C28H28FN5O4S.C2H6/c1-37-12-11-34-24-13-19(28(35)36)5-6-23(24)31-26(34)16-33-9-7-18(8-10-33)22-3-2-4-27(32-22)38-17-25-21(29)14-20(15-30)39-25;1-2/h2-6,13-14,18H,7-12,16-17H2,1H3,(H,35,36);1-2H3. The largest absolute Gasteiger partial charge is 0.478 e. The molecule has 1 aliphatic rings. The number of rotatable bonds is 10. The molecule has 4 aromatic rings. The third-order valence-electron chi connectivity index (χ3n) is 6.93. The summed E-state index contributed by atoms with van der Waals surface area (Å²) in [5.74, 6) is 0.206. The molecule has 9 nitrogen and oxygen atoms in total. The number of carboxylic acid groups (broad SMARTS) is 1. The summed E-state index contributed by atoms with van der Waals surface area (Å²) in [5.41, 5.74) is 2.75. The van der Waals surface area contributed by atoms with Crippen molar-refractivity contribution < 1.29 is 23.8 Å². The number of carbonyl (C=O) groups is 1. The van der Waals surface area contributed by atoms with Crippen molar-refractivity contribution in [2.45, 2.75) is 52.3 Å². The Bertz CT molecular complexity index is 1520. The lowest BCUT2D eigenvalue weighted by atomic mass is 9.93. The van der Waals surface area contributed by atoms with Gasteiger partial charge in [-0.2, -0.15) is 5.26 Å². The van der Waals surface area contributed by atoms with E-state index in [-0.39, 0.29) is 18.1 Å². The zero-order valence-electron chi connectivity index (χ0n) is 23.5. The van der Waals surface area contributed by atoms with Crippen LogP contribution >= 0.6 is 11.3 Å². The van der Waals surface area contributed by atoms with Crippen molar-refractivity contribution in [3.8, 4) is 11.9 Å². The highest BCUT2D eigenvalue weighted by Gasteiger charge is 2.24. The molecule has 11 heteroatoms. The minimum absolute atomic E-state index is 0.0328. The number of hydrogen-bond acceptors (Lipinski definition) is 8. The molecule has 5 rings (SSSR count). The number of benzene rings is 1. The van der Waals surface area contributed by atoms with Crippen molar-refractivity contribution in [3.63, 3.8) is 0 Å². The SMILES string of the molecule is CC.COCCn1c(CN2CCC(c3cccc(OCc4sc(C#N)cc4F)n3)CC2)nc2ccc(C(=O)O)cc21. The molecule has 1 aliphatic heterocycles. The molecular weight excluding hydrogens is 545 g/mol. The van der Waals surface area contributed by atoms with Crippen molar-refractivity contribution in [1.29, 1.82) is 5.26 Å². The lowest BCUT2D eigenvalue weighted by Crippen LogP contribution is -2.33. The van der Waals surface area contributed by atoms with Gasteiger partial charge in [0, 0.05) is 37.4 Å². The Hall–Kier alpha value is -3.85. The summed E-state index contributed by atoms with van der Waals surface area (Å²) in [6.45, 7) is 7.50. The number of imidazole rings is 1. The number of nitrogens with zero attached hydrogens (tertiary/aromatic N) is 5. The van der Waals surface area contributed by atoms with Crippen molar-refractivity contribution in [3.05, 3.63) is 75.1 Å². The van der Waals surface area contributed by atoms with E-state index in [1.165, 1.54) is 6.07 Å². The van der Waals surface area contributed by atoms with Crippen LogP contribution in [0.3, 0.4) is 0 Å². The number of piperidine rings is 1. The molecule has 0 spiro atoms. The molecule has 0 bridgehead atoms. The van der Waals surface area contributed by atoms with Gasteiger partial charge in [0.1, 0.15) is 29.2 Å². The van der Waals surface area contributed by atoms with Gasteiger partial charge in [0.25, 0.3) is 0 Å². The van der Waals surface area contributed by atoms with Gasteiger partial charge in [-0.25, -0.2) is 19.2 Å². The van der Waals surface area contributed by atoms with Gasteiger partial charge in [-0.3, -0.25) is 4.90 Å². The zero-order chi connectivity index (χ0) is 29.4. The fourth-order valence-corrected chi connectivity index (χ4v) is 5.63. The Morgan fingerprint density at radius 2 is 1.98 bits per heavy atom. The van der Waals surface area contributed by atoms with Gasteiger partial charge >= 0.3 is 5.97 Å². The van der Waals surface area contributed by atoms with Crippen LogP contribution in [0.15, 0.2) is 42.5 Å². The van der Waals surface area contributed by atoms with Crippen LogP contribution in [0.5, 0.6) is 5.88 Å². The number of hydrogen-bond donors (Lipinski definition) is 1. The minimum atomic E-state index is -0.963. The Labute approximate surface area is 242 Å². The van der Waals surface area contributed by atoms with Crippen LogP contribution in [-0.4, -0.2) is 57.3 Å². The summed E-state index contributed by atoms with van der Waals surface area (Å²) in [6.07, 6.45) is 1.84. The number of pyridine rings is 1. The number of likely N-dealkylation sites (tertiary alicyclic amines) is 1. The highest BCUT2D eigenvalue weighted by atomic mass is 32.1. The van der Waals surface area contributed by atoms with Crippen molar-refractivity contribution >= 4 is 28.3 Å². The second kappa shape index (κ2) is 14.2. The van der Waals surface area contributed by atoms with Crippen LogP contribution in [0, 0.1) is 17.1 Å². The van der Waals surface area contributed by atoms with E-state index in [0.29, 0.717) is 35.3 Å². The number of halogens is 1. The van der Waals surface area contributed by atoms with Crippen LogP contribution in [0.1, 0.15) is 64.2 Å². The summed E-state index contributed by atoms with van der Waals surface area (Å²) in [6, 6.07) is 13.8. The van der Waals surface area contributed by atoms with E-state index in [1.807, 2.05) is 32.0 Å². The Balaban J connectivity index is 0.00000189. The Morgan fingerprint density at radius 3 is 2.66 bits per heavy atom. The number of aromatic nitrogens is 3. The van der Waals surface area contributed by atoms with E-state index in [1.54, 1.807) is 31.4 Å². The average molecular weight is 580 g/mol. The minimum Gasteiger partial charge on any atom is -0.478 e. The molecule has 0 saturated carbocycles. The Kier molecular flexibility index (Phi) is 10.4. The first kappa shape index (κ1) is 30.1. The predicted molar refractivity (Wildman–Crippen MR) is 155 cm³/mol. The molecule has 4 heterocycles. The first-order chi connectivity index (χ1) is 19.9. The van der Waals surface area contributed by atoms with Gasteiger partial charge in [-0.15, -0.1) is 11.3 Å². The third-order valence-corrected chi connectivity index (χ3v) is 7.92. The smallest absolute Gasteiger partial charge is 0.335 e. The fourth-order valence-electron chi connectivity index (χ4n) is 4.88. The number of thiophene rings is 1. The quantitative estimate of drug-likeness (QED) is 0.250. The van der Waals surface area contributed by atoms with E-state index in [2.05, 4.69) is 14.5 Å². The van der Waals surface area contributed by atoms with Crippen molar-refractivity contribution in [2.24, 2.45) is 0 Å². The summed E-state index contributed by atoms with van der Waals surface area (Å²) in [5, 5.41) is 18.4. The lowest BCUT2D eigenvalue weighted by Gasteiger charge is -2.31. The number of ether oxygens (including phenoxy) is 2. The first-order valence-corrected chi connectivity index (χ1v) is 14.5. The van der Waals surface area contributed by atoms with Crippen LogP contribution in [0.25, 0.3) is 11.0 Å². The number of methoxy groups -OCH3 is 1. The molecular formula is C30H34FN5O4S. The fraction of sp³-hybridized carbons (Fsp3) is 0.400. The molecule has 3 aromatic heterocycles. The maximum Gasteiger partial charge on any atom is 0.335 e. The topological polar surface area (TPSA) is 114 Å². The molecule has 1 N–H and O–H groups in total. The monoisotopic (exact) mass is 579 g/mol. The van der Waals surface area contributed by atoms with Gasteiger partial charge in [0.05, 0.1) is 34.6 Å². The average Bonchev–Trinajstić information content (AvgIpc) is 3.54. The van der Waals surface area contributed by atoms with E-state index in [4.69, 9.17) is 19.7 Å². The molecule has 0 aliphatic carbocycles. The number of aromatic carboxylic acids is 1. The Morgan fingerprint density at radius 1 is 1.20 bits per heavy atom. The van der Waals surface area contributed by atoms with Crippen LogP contribution in [-0.2, 0) is 24.4 Å². The molecule has 1 fully saturated rings. The maximum atomic E-state index is 14.0. The number of fused-ring (bicyclic) bond motifs is 1. The van der Waals surface area contributed by atoms with Gasteiger partial charge < -0.3 is 19.1 Å². The third kappa shape index (κ3) is 7.27.